The van der Waals surface area contributed by atoms with Gasteiger partial charge in [0.05, 0.1) is 0 Å². The van der Waals surface area contributed by atoms with Crippen molar-refractivity contribution in [3.05, 3.63) is 33.3 Å². The molecule has 1 aromatic carbocycles. The Morgan fingerprint density at radius 2 is 2.00 bits per heavy atom. The van der Waals surface area contributed by atoms with Gasteiger partial charge in [-0.15, -0.1) is 0 Å². The first kappa shape index (κ1) is 13.4. The Labute approximate surface area is 117 Å². The van der Waals surface area contributed by atoms with Gasteiger partial charge in [-0.2, -0.15) is 0 Å². The van der Waals surface area contributed by atoms with Crippen LogP contribution < -0.4 is 5.32 Å². The van der Waals surface area contributed by atoms with E-state index in [2.05, 4.69) is 40.3 Å². The minimum absolute atomic E-state index is 0.332. The van der Waals surface area contributed by atoms with Crippen molar-refractivity contribution in [3.8, 4) is 0 Å². The van der Waals surface area contributed by atoms with Crippen LogP contribution in [0.4, 0.5) is 0 Å². The molecule has 1 N–H and O–H groups in total. The number of rotatable bonds is 3. The summed E-state index contributed by atoms with van der Waals surface area (Å²) in [6.45, 7) is 2.20. The fraction of sp³-hybridized carbons (Fsp3) is 0.571. The van der Waals surface area contributed by atoms with Crippen LogP contribution in [0.15, 0.2) is 22.7 Å². The minimum Gasteiger partial charge on any atom is -0.307 e. The van der Waals surface area contributed by atoms with Gasteiger partial charge in [-0.25, -0.2) is 0 Å². The summed E-state index contributed by atoms with van der Waals surface area (Å²) in [7, 11) is 0. The second kappa shape index (κ2) is 6.21. The van der Waals surface area contributed by atoms with Crippen LogP contribution >= 0.6 is 27.5 Å². The maximum atomic E-state index is 6.27. The van der Waals surface area contributed by atoms with Gasteiger partial charge >= 0.3 is 0 Å². The van der Waals surface area contributed by atoms with Gasteiger partial charge < -0.3 is 5.32 Å². The van der Waals surface area contributed by atoms with Crippen molar-refractivity contribution >= 4 is 27.5 Å². The third kappa shape index (κ3) is 3.70. The zero-order valence-electron chi connectivity index (χ0n) is 10.2. The van der Waals surface area contributed by atoms with Gasteiger partial charge in [0, 0.05) is 21.6 Å². The van der Waals surface area contributed by atoms with Crippen molar-refractivity contribution in [2.45, 2.75) is 51.1 Å². The van der Waals surface area contributed by atoms with Crippen LogP contribution in [0.1, 0.15) is 50.6 Å². The molecule has 1 fully saturated rings. The molecule has 0 aliphatic heterocycles. The van der Waals surface area contributed by atoms with Gasteiger partial charge in [0.15, 0.2) is 0 Å². The number of hydrogen-bond acceptors (Lipinski definition) is 1. The second-order valence-electron chi connectivity index (χ2n) is 4.89. The predicted molar refractivity (Wildman–Crippen MR) is 77.6 cm³/mol. The van der Waals surface area contributed by atoms with Crippen molar-refractivity contribution in [2.24, 2.45) is 0 Å². The first-order valence-electron chi connectivity index (χ1n) is 6.38. The summed E-state index contributed by atoms with van der Waals surface area (Å²) in [5.41, 5.74) is 1.19. The number of halogens is 2. The van der Waals surface area contributed by atoms with Gasteiger partial charge in [0.2, 0.25) is 0 Å². The highest BCUT2D eigenvalue weighted by molar-refractivity contribution is 9.10. The van der Waals surface area contributed by atoms with E-state index in [1.54, 1.807) is 0 Å². The van der Waals surface area contributed by atoms with Gasteiger partial charge in [-0.1, -0.05) is 52.9 Å². The molecule has 94 valence electrons. The van der Waals surface area contributed by atoms with E-state index in [-0.39, 0.29) is 0 Å². The molecule has 0 amide bonds. The first-order chi connectivity index (χ1) is 8.16. The molecule has 1 aliphatic carbocycles. The molecular weight excluding hydrogens is 298 g/mol. The van der Waals surface area contributed by atoms with E-state index >= 15 is 0 Å². The van der Waals surface area contributed by atoms with Crippen molar-refractivity contribution in [1.29, 1.82) is 0 Å². The van der Waals surface area contributed by atoms with Crippen molar-refractivity contribution in [1.82, 2.24) is 5.32 Å². The molecule has 0 aromatic heterocycles. The van der Waals surface area contributed by atoms with Gasteiger partial charge in [-0.05, 0) is 37.5 Å². The molecule has 17 heavy (non-hydrogen) atoms. The Hall–Kier alpha value is -0.0500. The summed E-state index contributed by atoms with van der Waals surface area (Å²) in [6, 6.07) is 7.13. The molecule has 0 heterocycles. The summed E-state index contributed by atoms with van der Waals surface area (Å²) in [6.07, 6.45) is 6.72. The Balaban J connectivity index is 2.00. The molecule has 1 unspecified atom stereocenters. The number of hydrogen-bond donors (Lipinski definition) is 1. The standard InChI is InChI=1S/C14H19BrClN/c1-10(17-12-5-3-2-4-6-12)13-8-7-11(15)9-14(13)16/h7-10,12,17H,2-6H2,1H3. The topological polar surface area (TPSA) is 12.0 Å². The average molecular weight is 317 g/mol. The van der Waals surface area contributed by atoms with Crippen molar-refractivity contribution < 1.29 is 0 Å². The molecule has 0 radical (unpaired) electrons. The molecule has 1 aliphatic rings. The van der Waals surface area contributed by atoms with E-state index in [1.165, 1.54) is 37.7 Å². The molecule has 0 saturated heterocycles. The van der Waals surface area contributed by atoms with Crippen LogP contribution in [0.3, 0.4) is 0 Å². The average Bonchev–Trinajstić information content (AvgIpc) is 2.30. The zero-order chi connectivity index (χ0) is 12.3. The summed E-state index contributed by atoms with van der Waals surface area (Å²) in [5, 5.41) is 4.54. The van der Waals surface area contributed by atoms with Crippen LogP contribution in [0.25, 0.3) is 0 Å². The monoisotopic (exact) mass is 315 g/mol. The third-order valence-electron chi connectivity index (χ3n) is 3.52. The van der Waals surface area contributed by atoms with Crippen molar-refractivity contribution in [2.75, 3.05) is 0 Å². The maximum absolute atomic E-state index is 6.27. The van der Waals surface area contributed by atoms with E-state index in [0.717, 1.165) is 9.50 Å². The summed E-state index contributed by atoms with van der Waals surface area (Å²) in [5.74, 6) is 0. The lowest BCUT2D eigenvalue weighted by molar-refractivity contribution is 0.347. The van der Waals surface area contributed by atoms with E-state index in [4.69, 9.17) is 11.6 Å². The van der Waals surface area contributed by atoms with E-state index in [9.17, 15) is 0 Å². The van der Waals surface area contributed by atoms with Crippen LogP contribution in [0.2, 0.25) is 5.02 Å². The summed E-state index contributed by atoms with van der Waals surface area (Å²) in [4.78, 5) is 0. The smallest absolute Gasteiger partial charge is 0.0464 e. The summed E-state index contributed by atoms with van der Waals surface area (Å²) >= 11 is 9.71. The van der Waals surface area contributed by atoms with E-state index in [0.29, 0.717) is 12.1 Å². The molecule has 0 bridgehead atoms. The quantitative estimate of drug-likeness (QED) is 0.819. The zero-order valence-corrected chi connectivity index (χ0v) is 12.5. The number of nitrogens with one attached hydrogen (secondary N) is 1. The van der Waals surface area contributed by atoms with Gasteiger partial charge in [0.1, 0.15) is 0 Å². The van der Waals surface area contributed by atoms with Gasteiger partial charge in [0.25, 0.3) is 0 Å². The van der Waals surface area contributed by atoms with Crippen LogP contribution in [-0.2, 0) is 0 Å². The largest absolute Gasteiger partial charge is 0.307 e. The SMILES string of the molecule is CC(NC1CCCCC1)c1ccc(Br)cc1Cl. The Morgan fingerprint density at radius 1 is 1.29 bits per heavy atom. The van der Waals surface area contributed by atoms with E-state index < -0.39 is 0 Å². The Bertz CT molecular complexity index is 374. The molecule has 0 spiro atoms. The second-order valence-corrected chi connectivity index (χ2v) is 6.21. The summed E-state index contributed by atoms with van der Waals surface area (Å²) < 4.78 is 1.04. The fourth-order valence-electron chi connectivity index (χ4n) is 2.57. The van der Waals surface area contributed by atoms with Crippen LogP contribution in [-0.4, -0.2) is 6.04 Å². The minimum atomic E-state index is 0.332. The molecule has 1 saturated carbocycles. The maximum Gasteiger partial charge on any atom is 0.0464 e. The highest BCUT2D eigenvalue weighted by Crippen LogP contribution is 2.28. The first-order valence-corrected chi connectivity index (χ1v) is 7.55. The lowest BCUT2D eigenvalue weighted by Gasteiger charge is -2.27. The predicted octanol–water partition coefficient (Wildman–Crippen LogP) is 5.09. The van der Waals surface area contributed by atoms with Gasteiger partial charge in [-0.3, -0.25) is 0 Å². The molecule has 1 nitrogen and oxygen atoms in total. The Kier molecular flexibility index (Phi) is 4.89. The molecule has 1 aromatic rings. The highest BCUT2D eigenvalue weighted by atomic mass is 79.9. The molecule has 3 heteroatoms. The molecular formula is C14H19BrClN. The fourth-order valence-corrected chi connectivity index (χ4v) is 3.40. The lowest BCUT2D eigenvalue weighted by Crippen LogP contribution is -2.33. The van der Waals surface area contributed by atoms with Crippen LogP contribution in [0, 0.1) is 0 Å². The third-order valence-corrected chi connectivity index (χ3v) is 4.34. The lowest BCUT2D eigenvalue weighted by atomic mass is 9.94. The number of benzene rings is 1. The Morgan fingerprint density at radius 3 is 2.65 bits per heavy atom. The van der Waals surface area contributed by atoms with E-state index in [1.807, 2.05) is 6.07 Å². The van der Waals surface area contributed by atoms with Crippen molar-refractivity contribution in [3.63, 3.8) is 0 Å². The highest BCUT2D eigenvalue weighted by Gasteiger charge is 2.17. The molecule has 2 rings (SSSR count). The molecule has 1 atom stereocenters. The van der Waals surface area contributed by atoms with Crippen LogP contribution in [0.5, 0.6) is 0 Å². The normalized spacial score (nSPS) is 19.2.